The Kier molecular flexibility index (Phi) is 4.83. The molecule has 6 nitrogen and oxygen atoms in total. The minimum atomic E-state index is -0.130. The molecule has 2 atom stereocenters. The molecule has 1 fully saturated rings. The van der Waals surface area contributed by atoms with E-state index in [0.29, 0.717) is 6.54 Å². The third-order valence-corrected chi connectivity index (χ3v) is 5.07. The molecule has 6 heteroatoms. The molecule has 1 saturated heterocycles. The number of methoxy groups -OCH3 is 1. The number of hydrazine groups is 1. The summed E-state index contributed by atoms with van der Waals surface area (Å²) in [6, 6.07) is 18.2. The number of nitrogens with one attached hydrogen (secondary N) is 3. The van der Waals surface area contributed by atoms with Crippen LogP contribution in [0.5, 0.6) is 5.75 Å². The summed E-state index contributed by atoms with van der Waals surface area (Å²) in [5, 5.41) is 4.22. The number of fused-ring (bicyclic) bond motifs is 1. The first-order valence-corrected chi connectivity index (χ1v) is 9.14. The van der Waals surface area contributed by atoms with Crippen LogP contribution >= 0.6 is 0 Å². The van der Waals surface area contributed by atoms with Gasteiger partial charge < -0.3 is 14.6 Å². The second-order valence-electron chi connectivity index (χ2n) is 6.87. The first kappa shape index (κ1) is 17.6. The maximum atomic E-state index is 12.6. The highest BCUT2D eigenvalue weighted by Gasteiger charge is 2.28. The molecule has 2 aromatic carbocycles. The molecule has 1 amide bonds. The van der Waals surface area contributed by atoms with Gasteiger partial charge in [0.2, 0.25) is 5.91 Å². The zero-order valence-corrected chi connectivity index (χ0v) is 15.5. The largest absolute Gasteiger partial charge is 0.496 e. The van der Waals surface area contributed by atoms with E-state index in [-0.39, 0.29) is 18.1 Å². The fourth-order valence-electron chi connectivity index (χ4n) is 3.75. The molecule has 3 N–H and O–H groups in total. The lowest BCUT2D eigenvalue weighted by atomic mass is 10.0. The Labute approximate surface area is 158 Å². The third kappa shape index (κ3) is 3.54. The number of para-hydroxylation sites is 2. The van der Waals surface area contributed by atoms with Crippen LogP contribution in [0.15, 0.2) is 54.6 Å². The number of ether oxygens (including phenoxy) is 1. The number of rotatable bonds is 5. The summed E-state index contributed by atoms with van der Waals surface area (Å²) in [6.45, 7) is 2.33. The Morgan fingerprint density at radius 2 is 1.96 bits per heavy atom. The first-order chi connectivity index (χ1) is 13.2. The van der Waals surface area contributed by atoms with E-state index in [1.807, 2.05) is 54.0 Å². The summed E-state index contributed by atoms with van der Waals surface area (Å²) in [5.41, 5.74) is 9.66. The smallest absolute Gasteiger partial charge is 0.241 e. The highest BCUT2D eigenvalue weighted by atomic mass is 16.5. The molecule has 2 unspecified atom stereocenters. The van der Waals surface area contributed by atoms with Crippen LogP contribution in [0.25, 0.3) is 10.9 Å². The molecule has 0 spiro atoms. The molecule has 2 heterocycles. The lowest BCUT2D eigenvalue weighted by molar-refractivity contribution is -0.122. The van der Waals surface area contributed by atoms with E-state index in [9.17, 15) is 4.79 Å². The number of nitrogens with zero attached hydrogens (tertiary/aromatic N) is 1. The Bertz CT molecular complexity index is 966. The second-order valence-corrected chi connectivity index (χ2v) is 6.87. The molecule has 1 aromatic heterocycles. The van der Waals surface area contributed by atoms with Crippen LogP contribution in [-0.2, 0) is 11.3 Å². The number of hydrogen-bond acceptors (Lipinski definition) is 4. The number of carbonyl (C=O) groups is 1. The molecule has 1 aliphatic rings. The maximum absolute atomic E-state index is 12.6. The minimum absolute atomic E-state index is 0.0144. The molecule has 0 aliphatic carbocycles. The highest BCUT2D eigenvalue weighted by molar-refractivity contribution is 5.84. The van der Waals surface area contributed by atoms with Crippen molar-refractivity contribution < 1.29 is 9.53 Å². The summed E-state index contributed by atoms with van der Waals surface area (Å²) < 4.78 is 7.49. The second kappa shape index (κ2) is 7.42. The molecule has 0 radical (unpaired) electrons. The van der Waals surface area contributed by atoms with Crippen LogP contribution in [0.2, 0.25) is 0 Å². The van der Waals surface area contributed by atoms with Crippen LogP contribution < -0.4 is 20.9 Å². The summed E-state index contributed by atoms with van der Waals surface area (Å²) >= 11 is 0. The zero-order chi connectivity index (χ0) is 18.8. The van der Waals surface area contributed by atoms with Gasteiger partial charge in [-0.3, -0.25) is 4.79 Å². The van der Waals surface area contributed by atoms with E-state index in [1.54, 1.807) is 7.11 Å². The number of amides is 1. The molecule has 3 aromatic rings. The van der Waals surface area contributed by atoms with Crippen LogP contribution in [0.3, 0.4) is 0 Å². The van der Waals surface area contributed by atoms with Gasteiger partial charge >= 0.3 is 0 Å². The third-order valence-electron chi connectivity index (χ3n) is 5.07. The maximum Gasteiger partial charge on any atom is 0.241 e. The van der Waals surface area contributed by atoms with E-state index in [2.05, 4.69) is 28.3 Å². The predicted molar refractivity (Wildman–Crippen MR) is 105 cm³/mol. The molecule has 1 aliphatic heterocycles. The van der Waals surface area contributed by atoms with Gasteiger partial charge in [-0.1, -0.05) is 36.4 Å². The fraction of sp³-hybridized carbons (Fsp3) is 0.286. The van der Waals surface area contributed by atoms with Crippen molar-refractivity contribution in [2.24, 2.45) is 0 Å². The van der Waals surface area contributed by atoms with Crippen molar-refractivity contribution in [3.8, 4) is 5.75 Å². The SMILES string of the molecule is COc1ccccc1C1CC(NC(=O)Cn2c(C)cc3ccccc32)NN1. The fourth-order valence-corrected chi connectivity index (χ4v) is 3.75. The van der Waals surface area contributed by atoms with Crippen molar-refractivity contribution in [3.05, 3.63) is 65.9 Å². The molecular formula is C21H24N4O2. The quantitative estimate of drug-likeness (QED) is 0.651. The highest BCUT2D eigenvalue weighted by Crippen LogP contribution is 2.29. The van der Waals surface area contributed by atoms with Gasteiger partial charge in [0.1, 0.15) is 12.3 Å². The van der Waals surface area contributed by atoms with Crippen molar-refractivity contribution in [2.75, 3.05) is 7.11 Å². The summed E-state index contributed by atoms with van der Waals surface area (Å²) in [5.74, 6) is 0.831. The number of benzene rings is 2. The molecule has 0 saturated carbocycles. The first-order valence-electron chi connectivity index (χ1n) is 9.14. The van der Waals surface area contributed by atoms with Crippen molar-refractivity contribution >= 4 is 16.8 Å². The van der Waals surface area contributed by atoms with Gasteiger partial charge in [0.05, 0.1) is 19.3 Å². The van der Waals surface area contributed by atoms with Gasteiger partial charge in [0, 0.05) is 23.2 Å². The number of aromatic nitrogens is 1. The van der Waals surface area contributed by atoms with E-state index in [4.69, 9.17) is 4.74 Å². The van der Waals surface area contributed by atoms with E-state index in [1.165, 1.54) is 0 Å². The summed E-state index contributed by atoms with van der Waals surface area (Å²) in [6.07, 6.45) is 0.617. The normalized spacial score (nSPS) is 19.3. The van der Waals surface area contributed by atoms with Crippen LogP contribution in [0.1, 0.15) is 23.7 Å². The summed E-state index contributed by atoms with van der Waals surface area (Å²) in [4.78, 5) is 12.6. The van der Waals surface area contributed by atoms with E-state index >= 15 is 0 Å². The Balaban J connectivity index is 1.41. The zero-order valence-electron chi connectivity index (χ0n) is 15.5. The standard InChI is InChI=1S/C21H24N4O2/c1-14-11-15-7-3-5-9-18(15)25(14)13-21(26)22-20-12-17(23-24-20)16-8-4-6-10-19(16)27-2/h3-11,17,20,23-24H,12-13H2,1-2H3,(H,22,26). The summed E-state index contributed by atoms with van der Waals surface area (Å²) in [7, 11) is 1.67. The van der Waals surface area contributed by atoms with Gasteiger partial charge in [-0.25, -0.2) is 10.9 Å². The van der Waals surface area contributed by atoms with Gasteiger partial charge in [0.15, 0.2) is 0 Å². The number of aryl methyl sites for hydroxylation is 1. The van der Waals surface area contributed by atoms with Gasteiger partial charge in [-0.05, 0) is 30.5 Å². The van der Waals surface area contributed by atoms with Crippen molar-refractivity contribution in [1.82, 2.24) is 20.7 Å². The van der Waals surface area contributed by atoms with Gasteiger partial charge in [-0.15, -0.1) is 0 Å². The number of carbonyl (C=O) groups excluding carboxylic acids is 1. The van der Waals surface area contributed by atoms with Crippen LogP contribution in [0, 0.1) is 6.92 Å². The molecular weight excluding hydrogens is 340 g/mol. The van der Waals surface area contributed by atoms with E-state index < -0.39 is 0 Å². The molecule has 140 valence electrons. The lowest BCUT2D eigenvalue weighted by Gasteiger charge is -2.15. The Hall–Kier alpha value is -2.83. The topological polar surface area (TPSA) is 67.3 Å². The predicted octanol–water partition coefficient (Wildman–Crippen LogP) is 2.64. The average Bonchev–Trinajstić information content (AvgIpc) is 3.26. The van der Waals surface area contributed by atoms with Gasteiger partial charge in [0.25, 0.3) is 0 Å². The van der Waals surface area contributed by atoms with Crippen LogP contribution in [-0.4, -0.2) is 23.7 Å². The Morgan fingerprint density at radius 1 is 1.19 bits per heavy atom. The van der Waals surface area contributed by atoms with Gasteiger partial charge in [-0.2, -0.15) is 0 Å². The molecule has 4 rings (SSSR count). The molecule has 27 heavy (non-hydrogen) atoms. The van der Waals surface area contributed by atoms with Crippen molar-refractivity contribution in [2.45, 2.75) is 32.1 Å². The van der Waals surface area contributed by atoms with E-state index in [0.717, 1.165) is 34.3 Å². The molecule has 0 bridgehead atoms. The van der Waals surface area contributed by atoms with Crippen molar-refractivity contribution in [3.63, 3.8) is 0 Å². The minimum Gasteiger partial charge on any atom is -0.496 e. The number of hydrogen-bond donors (Lipinski definition) is 3. The monoisotopic (exact) mass is 364 g/mol. The average molecular weight is 364 g/mol. The van der Waals surface area contributed by atoms with Crippen molar-refractivity contribution in [1.29, 1.82) is 0 Å². The Morgan fingerprint density at radius 3 is 2.81 bits per heavy atom. The lowest BCUT2D eigenvalue weighted by Crippen LogP contribution is -2.45. The van der Waals surface area contributed by atoms with Crippen LogP contribution in [0.4, 0.5) is 0 Å².